The second-order valence-electron chi connectivity index (χ2n) is 5.63. The number of rotatable bonds is 3. The monoisotopic (exact) mass is 304 g/mol. The number of thiophene rings is 1. The fourth-order valence-corrected chi connectivity index (χ4v) is 4.03. The lowest BCUT2D eigenvalue weighted by atomic mass is 10.0. The molecule has 110 valence electrons. The van der Waals surface area contributed by atoms with E-state index in [1.54, 1.807) is 0 Å². The maximum absolute atomic E-state index is 3.88. The Labute approximate surface area is 135 Å². The average molecular weight is 304 g/mol. The van der Waals surface area contributed by atoms with Gasteiger partial charge in [-0.1, -0.05) is 66.8 Å². The minimum Gasteiger partial charge on any atom is -0.135 e. The van der Waals surface area contributed by atoms with E-state index in [9.17, 15) is 0 Å². The largest absolute Gasteiger partial charge is 0.135 e. The highest BCUT2D eigenvalue weighted by Crippen LogP contribution is 2.16. The molecule has 0 N–H and O–H groups in total. The highest BCUT2D eigenvalue weighted by Gasteiger charge is 2.05. The lowest BCUT2D eigenvalue weighted by Crippen LogP contribution is -2.21. The molecular weight excluding hydrogens is 284 g/mol. The topological polar surface area (TPSA) is 0 Å². The Morgan fingerprint density at radius 1 is 1.09 bits per heavy atom. The van der Waals surface area contributed by atoms with Crippen LogP contribution in [0.5, 0.6) is 0 Å². The minimum atomic E-state index is 0.997. The van der Waals surface area contributed by atoms with Crippen molar-refractivity contribution in [3.8, 4) is 0 Å². The normalized spacial score (nSPS) is 13.5. The molecule has 1 heterocycles. The first-order chi connectivity index (χ1) is 10.7. The van der Waals surface area contributed by atoms with Crippen molar-refractivity contribution in [1.82, 2.24) is 0 Å². The number of allylic oxidation sites excluding steroid dienone is 1. The van der Waals surface area contributed by atoms with E-state index in [-0.39, 0.29) is 0 Å². The standard InChI is InChI=1S/C21H20S/c1-4-9-19-18-12-7-8-13-20(18)22-21(19)16(3)14-17-11-6-5-10-15(17)2/h4-13H,1,14H2,2-3H3/b19-9-,21-16+. The molecular formula is C21H20S. The fourth-order valence-electron chi connectivity index (χ4n) is 2.84. The molecule has 0 nitrogen and oxygen atoms in total. The predicted octanol–water partition coefficient (Wildman–Crippen LogP) is 4.59. The highest BCUT2D eigenvalue weighted by molar-refractivity contribution is 7.17. The molecule has 0 aliphatic heterocycles. The Kier molecular flexibility index (Phi) is 4.26. The summed E-state index contributed by atoms with van der Waals surface area (Å²) in [5.41, 5.74) is 4.18. The Balaban J connectivity index is 2.24. The van der Waals surface area contributed by atoms with Gasteiger partial charge in [0.15, 0.2) is 0 Å². The Morgan fingerprint density at radius 2 is 1.82 bits per heavy atom. The first-order valence-electron chi connectivity index (χ1n) is 7.55. The molecule has 0 aliphatic carbocycles. The molecule has 0 atom stereocenters. The molecule has 0 saturated carbocycles. The molecule has 0 radical (unpaired) electrons. The number of aryl methyl sites for hydroxylation is 1. The maximum Gasteiger partial charge on any atom is 0.0355 e. The van der Waals surface area contributed by atoms with Crippen LogP contribution < -0.4 is 9.75 Å². The van der Waals surface area contributed by atoms with Gasteiger partial charge in [0, 0.05) is 19.8 Å². The van der Waals surface area contributed by atoms with Gasteiger partial charge < -0.3 is 0 Å². The van der Waals surface area contributed by atoms with Crippen molar-refractivity contribution in [1.29, 1.82) is 0 Å². The molecule has 22 heavy (non-hydrogen) atoms. The first-order valence-corrected chi connectivity index (χ1v) is 8.37. The van der Waals surface area contributed by atoms with E-state index in [0.29, 0.717) is 0 Å². The van der Waals surface area contributed by atoms with Crippen LogP contribution in [0.3, 0.4) is 0 Å². The van der Waals surface area contributed by atoms with E-state index in [1.165, 1.54) is 36.5 Å². The number of benzene rings is 2. The van der Waals surface area contributed by atoms with E-state index in [2.05, 4.69) is 75.0 Å². The molecule has 3 aromatic rings. The van der Waals surface area contributed by atoms with Gasteiger partial charge in [-0.05, 0) is 37.5 Å². The van der Waals surface area contributed by atoms with Crippen molar-refractivity contribution < 1.29 is 0 Å². The molecule has 0 aliphatic rings. The third-order valence-electron chi connectivity index (χ3n) is 4.02. The summed E-state index contributed by atoms with van der Waals surface area (Å²) in [6.45, 7) is 8.31. The summed E-state index contributed by atoms with van der Waals surface area (Å²) in [4.78, 5) is 0. The van der Waals surface area contributed by atoms with E-state index in [0.717, 1.165) is 6.42 Å². The number of hydrogen-bond acceptors (Lipinski definition) is 1. The molecule has 0 unspecified atom stereocenters. The second-order valence-corrected chi connectivity index (χ2v) is 6.68. The van der Waals surface area contributed by atoms with Gasteiger partial charge in [0.25, 0.3) is 0 Å². The highest BCUT2D eigenvalue weighted by atomic mass is 32.1. The van der Waals surface area contributed by atoms with Crippen LogP contribution in [0.15, 0.2) is 61.2 Å². The van der Waals surface area contributed by atoms with Gasteiger partial charge in [0.1, 0.15) is 0 Å². The van der Waals surface area contributed by atoms with Crippen LogP contribution in [-0.2, 0) is 6.42 Å². The van der Waals surface area contributed by atoms with Crippen LogP contribution in [0.2, 0.25) is 0 Å². The van der Waals surface area contributed by atoms with Crippen LogP contribution >= 0.6 is 11.3 Å². The summed E-state index contributed by atoms with van der Waals surface area (Å²) in [6, 6.07) is 17.2. The minimum absolute atomic E-state index is 0.997. The third kappa shape index (κ3) is 2.77. The van der Waals surface area contributed by atoms with Gasteiger partial charge in [0.2, 0.25) is 0 Å². The van der Waals surface area contributed by atoms with Crippen LogP contribution in [-0.4, -0.2) is 0 Å². The van der Waals surface area contributed by atoms with E-state index in [1.807, 2.05) is 17.4 Å². The van der Waals surface area contributed by atoms with E-state index >= 15 is 0 Å². The fraction of sp³-hybridized carbons (Fsp3) is 0.143. The molecule has 1 heteroatoms. The van der Waals surface area contributed by atoms with Crippen molar-refractivity contribution in [2.24, 2.45) is 0 Å². The quantitative estimate of drug-likeness (QED) is 0.664. The molecule has 0 spiro atoms. The summed E-state index contributed by atoms with van der Waals surface area (Å²) >= 11 is 1.88. The van der Waals surface area contributed by atoms with E-state index < -0.39 is 0 Å². The van der Waals surface area contributed by atoms with Crippen LogP contribution in [0, 0.1) is 6.92 Å². The van der Waals surface area contributed by atoms with Crippen LogP contribution in [0.4, 0.5) is 0 Å². The van der Waals surface area contributed by atoms with Crippen LogP contribution in [0.25, 0.3) is 21.7 Å². The lowest BCUT2D eigenvalue weighted by molar-refractivity contribution is 1.21. The Bertz CT molecular complexity index is 941. The summed E-state index contributed by atoms with van der Waals surface area (Å²) in [7, 11) is 0. The van der Waals surface area contributed by atoms with Gasteiger partial charge in [-0.25, -0.2) is 0 Å². The number of hydrogen-bond donors (Lipinski definition) is 0. The van der Waals surface area contributed by atoms with Gasteiger partial charge in [0.05, 0.1) is 0 Å². The van der Waals surface area contributed by atoms with Crippen molar-refractivity contribution >= 4 is 33.1 Å². The second kappa shape index (κ2) is 6.33. The smallest absolute Gasteiger partial charge is 0.0355 e. The average Bonchev–Trinajstić information content (AvgIpc) is 2.89. The van der Waals surface area contributed by atoms with Gasteiger partial charge >= 0.3 is 0 Å². The third-order valence-corrected chi connectivity index (χ3v) is 5.37. The maximum atomic E-state index is 3.88. The molecule has 0 saturated heterocycles. The Morgan fingerprint density at radius 3 is 2.59 bits per heavy atom. The first kappa shape index (κ1) is 14.8. The van der Waals surface area contributed by atoms with Gasteiger partial charge in [-0.15, -0.1) is 11.3 Å². The molecule has 2 aromatic carbocycles. The molecule has 0 fully saturated rings. The summed E-state index contributed by atoms with van der Waals surface area (Å²) in [5, 5.41) is 2.63. The summed E-state index contributed by atoms with van der Waals surface area (Å²) in [5.74, 6) is 0. The molecule has 1 aromatic heterocycles. The zero-order chi connectivity index (χ0) is 15.5. The van der Waals surface area contributed by atoms with Crippen molar-refractivity contribution in [2.45, 2.75) is 20.3 Å². The lowest BCUT2D eigenvalue weighted by Gasteiger charge is -2.05. The van der Waals surface area contributed by atoms with Gasteiger partial charge in [-0.3, -0.25) is 0 Å². The number of fused-ring (bicyclic) bond motifs is 1. The zero-order valence-corrected chi connectivity index (χ0v) is 13.9. The predicted molar refractivity (Wildman–Crippen MR) is 99.7 cm³/mol. The van der Waals surface area contributed by atoms with Crippen molar-refractivity contribution in [3.05, 3.63) is 82.1 Å². The van der Waals surface area contributed by atoms with Crippen molar-refractivity contribution in [2.75, 3.05) is 0 Å². The summed E-state index contributed by atoms with van der Waals surface area (Å²) < 4.78 is 2.72. The van der Waals surface area contributed by atoms with Crippen molar-refractivity contribution in [3.63, 3.8) is 0 Å². The molecule has 3 rings (SSSR count). The zero-order valence-electron chi connectivity index (χ0n) is 13.1. The SMILES string of the molecule is C=C/C=c1\c(=C(\C)Cc2ccccc2C)sc2ccccc12. The Hall–Kier alpha value is -2.12. The molecule has 0 bridgehead atoms. The van der Waals surface area contributed by atoms with Gasteiger partial charge in [-0.2, -0.15) is 0 Å². The van der Waals surface area contributed by atoms with E-state index in [4.69, 9.17) is 0 Å². The molecule has 0 amide bonds. The van der Waals surface area contributed by atoms with Crippen LogP contribution in [0.1, 0.15) is 18.1 Å². The summed E-state index contributed by atoms with van der Waals surface area (Å²) in [6.07, 6.45) is 5.02.